The molecule has 1 aliphatic rings. The molecular weight excluding hydrogens is 240 g/mol. The number of nitrogens with zero attached hydrogens (tertiary/aromatic N) is 1. The van der Waals surface area contributed by atoms with E-state index >= 15 is 0 Å². The van der Waals surface area contributed by atoms with Crippen molar-refractivity contribution in [3.63, 3.8) is 0 Å². The number of hydrogen-bond donors (Lipinski definition) is 1. The molecule has 0 spiro atoms. The van der Waals surface area contributed by atoms with Gasteiger partial charge in [0.1, 0.15) is 5.75 Å². The van der Waals surface area contributed by atoms with E-state index in [1.54, 1.807) is 6.92 Å². The van der Waals surface area contributed by atoms with E-state index in [4.69, 9.17) is 10.5 Å². The molecule has 104 valence electrons. The van der Waals surface area contributed by atoms with E-state index in [9.17, 15) is 4.79 Å². The summed E-state index contributed by atoms with van der Waals surface area (Å²) < 4.78 is 5.70. The van der Waals surface area contributed by atoms with Crippen LogP contribution in [0.1, 0.15) is 25.3 Å². The first kappa shape index (κ1) is 13.9. The lowest BCUT2D eigenvalue weighted by molar-refractivity contribution is -0.138. The van der Waals surface area contributed by atoms with Crippen molar-refractivity contribution in [3.05, 3.63) is 29.8 Å². The molecule has 19 heavy (non-hydrogen) atoms. The molecule has 0 aliphatic carbocycles. The van der Waals surface area contributed by atoms with Gasteiger partial charge in [-0.25, -0.2) is 0 Å². The van der Waals surface area contributed by atoms with Gasteiger partial charge >= 0.3 is 0 Å². The number of nitrogens with two attached hydrogens (primary N) is 1. The Morgan fingerprint density at radius 3 is 2.79 bits per heavy atom. The van der Waals surface area contributed by atoms with Gasteiger partial charge in [0.25, 0.3) is 5.91 Å². The molecule has 1 aromatic carbocycles. The second-order valence-electron chi connectivity index (χ2n) is 5.14. The summed E-state index contributed by atoms with van der Waals surface area (Å²) in [6, 6.07) is 7.92. The highest BCUT2D eigenvalue weighted by Gasteiger charge is 2.31. The molecule has 0 radical (unpaired) electrons. The average Bonchev–Trinajstić information content (AvgIpc) is 2.88. The SMILES string of the molecule is Cc1ccc(O[C@H](C)C(=O)N2CCC[C@H]2CN)cc1. The van der Waals surface area contributed by atoms with Crippen LogP contribution in [0.4, 0.5) is 0 Å². The largest absolute Gasteiger partial charge is 0.481 e. The lowest BCUT2D eigenvalue weighted by atomic mass is 10.2. The Morgan fingerprint density at radius 2 is 2.16 bits per heavy atom. The van der Waals surface area contributed by atoms with Crippen molar-refractivity contribution in [1.82, 2.24) is 4.90 Å². The minimum Gasteiger partial charge on any atom is -0.481 e. The molecule has 1 heterocycles. The fourth-order valence-corrected chi connectivity index (χ4v) is 2.48. The molecule has 1 fully saturated rings. The van der Waals surface area contributed by atoms with Crippen LogP contribution in [0.5, 0.6) is 5.75 Å². The van der Waals surface area contributed by atoms with Crippen LogP contribution in [0.3, 0.4) is 0 Å². The number of aryl methyl sites for hydroxylation is 1. The fourth-order valence-electron chi connectivity index (χ4n) is 2.48. The fraction of sp³-hybridized carbons (Fsp3) is 0.533. The number of carbonyl (C=O) groups excluding carboxylic acids is 1. The summed E-state index contributed by atoms with van der Waals surface area (Å²) in [5, 5.41) is 0. The van der Waals surface area contributed by atoms with E-state index in [0.717, 1.165) is 25.1 Å². The van der Waals surface area contributed by atoms with Crippen LogP contribution in [0.25, 0.3) is 0 Å². The minimum atomic E-state index is -0.463. The van der Waals surface area contributed by atoms with Crippen LogP contribution in [-0.2, 0) is 4.79 Å². The summed E-state index contributed by atoms with van der Waals surface area (Å²) in [7, 11) is 0. The molecule has 2 rings (SSSR count). The first-order valence-electron chi connectivity index (χ1n) is 6.85. The Morgan fingerprint density at radius 1 is 1.47 bits per heavy atom. The van der Waals surface area contributed by atoms with Crippen molar-refractivity contribution in [3.8, 4) is 5.75 Å². The van der Waals surface area contributed by atoms with E-state index in [-0.39, 0.29) is 11.9 Å². The van der Waals surface area contributed by atoms with Gasteiger partial charge in [0.2, 0.25) is 0 Å². The molecule has 1 saturated heterocycles. The summed E-state index contributed by atoms with van der Waals surface area (Å²) in [4.78, 5) is 14.2. The monoisotopic (exact) mass is 262 g/mol. The van der Waals surface area contributed by atoms with Crippen molar-refractivity contribution in [2.75, 3.05) is 13.1 Å². The number of rotatable bonds is 4. The van der Waals surface area contributed by atoms with Crippen LogP contribution < -0.4 is 10.5 Å². The molecule has 2 atom stereocenters. The quantitative estimate of drug-likeness (QED) is 0.898. The van der Waals surface area contributed by atoms with Crippen molar-refractivity contribution < 1.29 is 9.53 Å². The van der Waals surface area contributed by atoms with Gasteiger partial charge < -0.3 is 15.4 Å². The van der Waals surface area contributed by atoms with E-state index < -0.39 is 6.10 Å². The van der Waals surface area contributed by atoms with Gasteiger partial charge in [-0.15, -0.1) is 0 Å². The molecule has 0 aromatic heterocycles. The van der Waals surface area contributed by atoms with Crippen LogP contribution in [0.15, 0.2) is 24.3 Å². The second kappa shape index (κ2) is 6.06. The highest BCUT2D eigenvalue weighted by Crippen LogP contribution is 2.19. The number of amides is 1. The third kappa shape index (κ3) is 3.26. The number of carbonyl (C=O) groups is 1. The van der Waals surface area contributed by atoms with Gasteiger partial charge in [-0.3, -0.25) is 4.79 Å². The van der Waals surface area contributed by atoms with E-state index in [2.05, 4.69) is 0 Å². The third-order valence-corrected chi connectivity index (χ3v) is 3.61. The molecule has 4 heteroatoms. The number of likely N-dealkylation sites (tertiary alicyclic amines) is 1. The molecule has 4 nitrogen and oxygen atoms in total. The maximum atomic E-state index is 12.3. The van der Waals surface area contributed by atoms with Crippen molar-refractivity contribution in [2.45, 2.75) is 38.8 Å². The van der Waals surface area contributed by atoms with Gasteiger partial charge in [-0.2, -0.15) is 0 Å². The molecular formula is C15H22N2O2. The number of ether oxygens (including phenoxy) is 1. The standard InChI is InChI=1S/C15H22N2O2/c1-11-5-7-14(8-6-11)19-12(2)15(18)17-9-3-4-13(17)10-16/h5-8,12-13H,3-4,9-10,16H2,1-2H3/t12-,13+/m1/s1. The Labute approximate surface area is 114 Å². The maximum absolute atomic E-state index is 12.3. The first-order valence-corrected chi connectivity index (χ1v) is 6.85. The van der Waals surface area contributed by atoms with Crippen LogP contribution in [0.2, 0.25) is 0 Å². The molecule has 1 aromatic rings. The number of hydrogen-bond acceptors (Lipinski definition) is 3. The zero-order valence-electron chi connectivity index (χ0n) is 11.6. The smallest absolute Gasteiger partial charge is 0.263 e. The molecule has 0 saturated carbocycles. The molecule has 1 aliphatic heterocycles. The Kier molecular flexibility index (Phi) is 4.43. The van der Waals surface area contributed by atoms with E-state index in [1.165, 1.54) is 5.56 Å². The molecule has 0 bridgehead atoms. The predicted octanol–water partition coefficient (Wildman–Crippen LogP) is 1.71. The van der Waals surface area contributed by atoms with Crippen LogP contribution in [0, 0.1) is 6.92 Å². The van der Waals surface area contributed by atoms with Gasteiger partial charge in [-0.05, 0) is 38.8 Å². The first-order chi connectivity index (χ1) is 9.11. The number of benzene rings is 1. The highest BCUT2D eigenvalue weighted by molar-refractivity contribution is 5.81. The summed E-state index contributed by atoms with van der Waals surface area (Å²) in [5.41, 5.74) is 6.87. The van der Waals surface area contributed by atoms with Crippen molar-refractivity contribution in [1.29, 1.82) is 0 Å². The molecule has 2 N–H and O–H groups in total. The summed E-state index contributed by atoms with van der Waals surface area (Å²) in [5.74, 6) is 0.767. The van der Waals surface area contributed by atoms with Crippen LogP contribution in [-0.4, -0.2) is 36.0 Å². The van der Waals surface area contributed by atoms with Gasteiger partial charge in [0.05, 0.1) is 0 Å². The summed E-state index contributed by atoms with van der Waals surface area (Å²) >= 11 is 0. The predicted molar refractivity (Wildman–Crippen MR) is 75.1 cm³/mol. The average molecular weight is 262 g/mol. The van der Waals surface area contributed by atoms with Crippen LogP contribution >= 0.6 is 0 Å². The Hall–Kier alpha value is -1.55. The van der Waals surface area contributed by atoms with Gasteiger partial charge in [0.15, 0.2) is 6.10 Å². The van der Waals surface area contributed by atoms with Gasteiger partial charge in [0, 0.05) is 19.1 Å². The summed E-state index contributed by atoms with van der Waals surface area (Å²) in [6.07, 6.45) is 1.57. The molecule has 0 unspecified atom stereocenters. The van der Waals surface area contributed by atoms with E-state index in [1.807, 2.05) is 36.1 Å². The minimum absolute atomic E-state index is 0.0357. The zero-order chi connectivity index (χ0) is 13.8. The van der Waals surface area contributed by atoms with Gasteiger partial charge in [-0.1, -0.05) is 17.7 Å². The lowest BCUT2D eigenvalue weighted by Crippen LogP contribution is -2.45. The zero-order valence-corrected chi connectivity index (χ0v) is 11.6. The lowest BCUT2D eigenvalue weighted by Gasteiger charge is -2.26. The highest BCUT2D eigenvalue weighted by atomic mass is 16.5. The van der Waals surface area contributed by atoms with Crippen molar-refractivity contribution in [2.24, 2.45) is 5.73 Å². The van der Waals surface area contributed by atoms with Crippen molar-refractivity contribution >= 4 is 5.91 Å². The Balaban J connectivity index is 1.97. The molecule has 1 amide bonds. The normalized spacial score (nSPS) is 20.4. The third-order valence-electron chi connectivity index (χ3n) is 3.61. The Bertz CT molecular complexity index is 430. The summed E-state index contributed by atoms with van der Waals surface area (Å²) in [6.45, 7) is 5.15. The maximum Gasteiger partial charge on any atom is 0.263 e. The van der Waals surface area contributed by atoms with E-state index in [0.29, 0.717) is 6.54 Å². The topological polar surface area (TPSA) is 55.6 Å². The second-order valence-corrected chi connectivity index (χ2v) is 5.14.